The Morgan fingerprint density at radius 3 is 2.02 bits per heavy atom. The molecule has 1 N–H and O–H groups in total. The smallest absolute Gasteiger partial charge is 0.416 e. The van der Waals surface area contributed by atoms with Crippen LogP contribution in [0.4, 0.5) is 37.7 Å². The van der Waals surface area contributed by atoms with Gasteiger partial charge in [0.25, 0.3) is 15.9 Å². The first-order valence-corrected chi connectivity index (χ1v) is 13.7. The molecule has 4 rings (SSSR count). The molecule has 6 nitrogen and oxygen atoms in total. The van der Waals surface area contributed by atoms with Crippen molar-refractivity contribution in [1.29, 1.82) is 0 Å². The molecule has 3 aromatic carbocycles. The van der Waals surface area contributed by atoms with Crippen LogP contribution in [0.1, 0.15) is 27.7 Å². The highest BCUT2D eigenvalue weighted by molar-refractivity contribution is 7.92. The van der Waals surface area contributed by atoms with Crippen molar-refractivity contribution in [3.05, 3.63) is 82.7 Å². The quantitative estimate of drug-likeness (QED) is 0.224. The van der Waals surface area contributed by atoms with Gasteiger partial charge in [-0.25, -0.2) is 8.42 Å². The second-order valence-electron chi connectivity index (χ2n) is 8.43. The second-order valence-corrected chi connectivity index (χ2v) is 11.4. The normalized spacial score (nSPS) is 12.4. The molecule has 4 aromatic rings. The van der Waals surface area contributed by atoms with E-state index in [1.54, 1.807) is 13.0 Å². The third kappa shape index (κ3) is 6.02. The number of anilines is 2. The highest BCUT2D eigenvalue weighted by Crippen LogP contribution is 2.38. The first-order valence-electron chi connectivity index (χ1n) is 11.4. The Morgan fingerprint density at radius 1 is 0.900 bits per heavy atom. The van der Waals surface area contributed by atoms with Crippen LogP contribution >= 0.6 is 11.3 Å². The Kier molecular flexibility index (Phi) is 7.78. The molecule has 1 amide bonds. The van der Waals surface area contributed by atoms with Crippen LogP contribution in [0.2, 0.25) is 0 Å². The number of hydrogen-bond acceptors (Lipinski definition) is 5. The molecule has 0 atom stereocenters. The zero-order chi connectivity index (χ0) is 29.5. The maximum atomic E-state index is 13.3. The van der Waals surface area contributed by atoms with Gasteiger partial charge in [0.05, 0.1) is 33.7 Å². The van der Waals surface area contributed by atoms with Gasteiger partial charge in [0, 0.05) is 16.9 Å². The van der Waals surface area contributed by atoms with Crippen LogP contribution in [0, 0.1) is 0 Å². The molecule has 40 heavy (non-hydrogen) atoms. The molecule has 0 aliphatic rings. The van der Waals surface area contributed by atoms with E-state index in [0.717, 1.165) is 15.6 Å². The number of nitrogens with one attached hydrogen (secondary N) is 1. The van der Waals surface area contributed by atoms with Crippen LogP contribution in [-0.2, 0) is 22.4 Å². The monoisotopic (exact) mass is 602 g/mol. The number of sulfonamides is 1. The summed E-state index contributed by atoms with van der Waals surface area (Å²) in [5.74, 6) is -0.444. The fraction of sp³-hybridized carbons (Fsp3) is 0.192. The van der Waals surface area contributed by atoms with Crippen LogP contribution in [0.3, 0.4) is 0 Å². The Morgan fingerprint density at radius 2 is 1.50 bits per heavy atom. The first-order chi connectivity index (χ1) is 18.6. The van der Waals surface area contributed by atoms with Crippen molar-refractivity contribution < 1.29 is 44.3 Å². The molecule has 212 valence electrons. The summed E-state index contributed by atoms with van der Waals surface area (Å²) in [4.78, 5) is 12.8. The maximum absolute atomic E-state index is 13.3. The number of halogens is 6. The lowest BCUT2D eigenvalue weighted by Gasteiger charge is -2.23. The number of fused-ring (bicyclic) bond motifs is 1. The fourth-order valence-electron chi connectivity index (χ4n) is 3.88. The Bertz CT molecular complexity index is 1630. The average Bonchev–Trinajstić information content (AvgIpc) is 3.32. The van der Waals surface area contributed by atoms with Crippen molar-refractivity contribution in [3.8, 4) is 5.75 Å². The van der Waals surface area contributed by atoms with Gasteiger partial charge in [0.1, 0.15) is 5.75 Å². The average molecular weight is 603 g/mol. The van der Waals surface area contributed by atoms with Crippen LogP contribution < -0.4 is 14.4 Å². The zero-order valence-corrected chi connectivity index (χ0v) is 22.4. The maximum Gasteiger partial charge on any atom is 0.416 e. The zero-order valence-electron chi connectivity index (χ0n) is 20.7. The molecule has 0 fully saturated rings. The minimum Gasteiger partial charge on any atom is -0.497 e. The number of methoxy groups -OCH3 is 1. The SMILES string of the molecule is CCN(c1ccc2sc(C(=O)Nc3cc(C(F)(F)F)cc(C(F)(F)F)c3)cc2c1)S(=O)(=O)c1ccc(OC)cc1. The number of benzene rings is 3. The van der Waals surface area contributed by atoms with Crippen molar-refractivity contribution >= 4 is 48.7 Å². The summed E-state index contributed by atoms with van der Waals surface area (Å²) in [5, 5.41) is 2.56. The van der Waals surface area contributed by atoms with Gasteiger partial charge >= 0.3 is 12.4 Å². The number of amides is 1. The molecule has 1 aromatic heterocycles. The predicted octanol–water partition coefficient (Wildman–Crippen LogP) is 7.42. The number of nitrogens with zero attached hydrogens (tertiary/aromatic N) is 1. The molecule has 0 aliphatic heterocycles. The number of thiophene rings is 1. The van der Waals surface area contributed by atoms with Crippen molar-refractivity contribution in [1.82, 2.24) is 0 Å². The predicted molar refractivity (Wildman–Crippen MR) is 139 cm³/mol. The van der Waals surface area contributed by atoms with Gasteiger partial charge < -0.3 is 10.1 Å². The Balaban J connectivity index is 1.64. The van der Waals surface area contributed by atoms with Gasteiger partial charge in [-0.15, -0.1) is 11.3 Å². The van der Waals surface area contributed by atoms with E-state index in [1.807, 2.05) is 0 Å². The van der Waals surface area contributed by atoms with Crippen molar-refractivity contribution in [2.75, 3.05) is 23.3 Å². The van der Waals surface area contributed by atoms with Gasteiger partial charge in [-0.05, 0) is 79.0 Å². The van der Waals surface area contributed by atoms with Crippen LogP contribution in [0.5, 0.6) is 5.75 Å². The molecule has 0 unspecified atom stereocenters. The molecule has 0 bridgehead atoms. The molecular formula is C26H20F6N2O4S2. The van der Waals surface area contributed by atoms with E-state index in [2.05, 4.69) is 5.32 Å². The lowest BCUT2D eigenvalue weighted by atomic mass is 10.1. The summed E-state index contributed by atoms with van der Waals surface area (Å²) in [6, 6.07) is 12.6. The molecule has 1 heterocycles. The van der Waals surface area contributed by atoms with E-state index in [9.17, 15) is 39.6 Å². The first kappa shape index (κ1) is 29.2. The third-order valence-corrected chi connectivity index (χ3v) is 8.82. The second kappa shape index (κ2) is 10.7. The summed E-state index contributed by atoms with van der Waals surface area (Å²) in [5.41, 5.74) is -3.50. The molecule has 0 spiro atoms. The number of carbonyl (C=O) groups excluding carboxylic acids is 1. The van der Waals surface area contributed by atoms with E-state index in [-0.39, 0.29) is 22.4 Å². The summed E-state index contributed by atoms with van der Waals surface area (Å²) in [7, 11) is -2.51. The molecule has 0 saturated carbocycles. The molecule has 0 radical (unpaired) electrons. The van der Waals surface area contributed by atoms with E-state index < -0.39 is 45.1 Å². The number of carbonyl (C=O) groups is 1. The Hall–Kier alpha value is -3.78. The highest BCUT2D eigenvalue weighted by atomic mass is 32.2. The fourth-order valence-corrected chi connectivity index (χ4v) is 6.29. The lowest BCUT2D eigenvalue weighted by molar-refractivity contribution is -0.143. The summed E-state index contributed by atoms with van der Waals surface area (Å²) >= 11 is 0.942. The number of hydrogen-bond donors (Lipinski definition) is 1. The minimum absolute atomic E-state index is 0.000759. The van der Waals surface area contributed by atoms with E-state index >= 15 is 0 Å². The minimum atomic E-state index is -5.06. The topological polar surface area (TPSA) is 75.7 Å². The highest BCUT2D eigenvalue weighted by Gasteiger charge is 2.37. The van der Waals surface area contributed by atoms with E-state index in [0.29, 0.717) is 33.7 Å². The van der Waals surface area contributed by atoms with Crippen LogP contribution in [0.25, 0.3) is 10.1 Å². The lowest BCUT2D eigenvalue weighted by Crippen LogP contribution is -2.30. The molecule has 0 aliphatic carbocycles. The molecular weight excluding hydrogens is 582 g/mol. The van der Waals surface area contributed by atoms with Gasteiger partial charge in [0.2, 0.25) is 0 Å². The largest absolute Gasteiger partial charge is 0.497 e. The molecule has 14 heteroatoms. The van der Waals surface area contributed by atoms with Crippen LogP contribution in [-0.4, -0.2) is 28.0 Å². The third-order valence-electron chi connectivity index (χ3n) is 5.79. The summed E-state index contributed by atoms with van der Waals surface area (Å²) in [6.45, 7) is 1.72. The standard InChI is InChI=1S/C26H20F6N2O4S2/c1-3-34(40(36,37)21-7-5-20(38-2)6-8-21)19-4-9-22-15(10-19)11-23(39-22)24(35)33-18-13-16(25(27,28)29)12-17(14-18)26(30,31)32/h4-14H,3H2,1-2H3,(H,33,35). The summed E-state index contributed by atoms with van der Waals surface area (Å²) < 4.78 is 112. The Labute approximate surface area is 228 Å². The van der Waals surface area contributed by atoms with Crippen molar-refractivity contribution in [2.24, 2.45) is 0 Å². The van der Waals surface area contributed by atoms with Gasteiger partial charge in [0.15, 0.2) is 0 Å². The van der Waals surface area contributed by atoms with E-state index in [4.69, 9.17) is 4.74 Å². The number of alkyl halides is 6. The molecule has 0 saturated heterocycles. The van der Waals surface area contributed by atoms with Gasteiger partial charge in [-0.3, -0.25) is 9.10 Å². The van der Waals surface area contributed by atoms with Gasteiger partial charge in [-0.1, -0.05) is 0 Å². The summed E-state index contributed by atoms with van der Waals surface area (Å²) in [6.07, 6.45) is -10.1. The van der Waals surface area contributed by atoms with Crippen molar-refractivity contribution in [3.63, 3.8) is 0 Å². The number of rotatable bonds is 7. The van der Waals surface area contributed by atoms with Gasteiger partial charge in [-0.2, -0.15) is 26.3 Å². The van der Waals surface area contributed by atoms with Crippen LogP contribution in [0.15, 0.2) is 71.6 Å². The van der Waals surface area contributed by atoms with E-state index in [1.165, 1.54) is 49.6 Å². The van der Waals surface area contributed by atoms with Crippen molar-refractivity contribution in [2.45, 2.75) is 24.2 Å². The number of ether oxygens (including phenoxy) is 1.